The average molecular weight is 344 g/mol. The number of halogens is 2. The van der Waals surface area contributed by atoms with Crippen LogP contribution >= 0.6 is 0 Å². The van der Waals surface area contributed by atoms with Crippen molar-refractivity contribution in [3.63, 3.8) is 0 Å². The fourth-order valence-corrected chi connectivity index (χ4v) is 3.07. The Bertz CT molecular complexity index is 818. The van der Waals surface area contributed by atoms with Crippen LogP contribution in [-0.2, 0) is 4.79 Å². The lowest BCUT2D eigenvalue weighted by molar-refractivity contribution is -0.121. The Morgan fingerprint density at radius 1 is 1.12 bits per heavy atom. The van der Waals surface area contributed by atoms with Gasteiger partial charge in [-0.3, -0.25) is 9.59 Å². The van der Waals surface area contributed by atoms with E-state index >= 15 is 0 Å². The van der Waals surface area contributed by atoms with Crippen molar-refractivity contribution in [2.45, 2.75) is 19.9 Å². The lowest BCUT2D eigenvalue weighted by Crippen LogP contribution is -2.57. The lowest BCUT2D eigenvalue weighted by Gasteiger charge is -2.39. The topological polar surface area (TPSA) is 40.6 Å². The summed E-state index contributed by atoms with van der Waals surface area (Å²) in [5, 5.41) is 0. The molecule has 0 radical (unpaired) electrons. The number of piperazine rings is 1. The van der Waals surface area contributed by atoms with Crippen molar-refractivity contribution in [1.29, 1.82) is 0 Å². The van der Waals surface area contributed by atoms with Crippen LogP contribution in [0.3, 0.4) is 0 Å². The molecule has 3 rings (SSSR count). The highest BCUT2D eigenvalue weighted by atomic mass is 19.1. The second-order valence-corrected chi connectivity index (χ2v) is 6.23. The van der Waals surface area contributed by atoms with Crippen LogP contribution in [0.1, 0.15) is 22.8 Å². The number of hydrogen-bond acceptors (Lipinski definition) is 2. The Kier molecular flexibility index (Phi) is 4.53. The fourth-order valence-electron chi connectivity index (χ4n) is 3.07. The molecule has 1 unspecified atom stereocenters. The molecule has 2 amide bonds. The molecule has 1 atom stereocenters. The van der Waals surface area contributed by atoms with E-state index in [4.69, 9.17) is 0 Å². The molecule has 0 saturated carbocycles. The van der Waals surface area contributed by atoms with E-state index in [0.717, 1.165) is 23.4 Å². The highest BCUT2D eigenvalue weighted by Gasteiger charge is 2.34. The maximum atomic E-state index is 13.4. The number of anilines is 1. The Labute approximate surface area is 144 Å². The standard InChI is InChI=1S/C19H18F2N2O2/c1-12-5-3-4-6-17(12)23-10-13(2)22(11-18(23)24)19(25)14-7-15(20)9-16(21)8-14/h3-9,13H,10-11H2,1-2H3. The first-order valence-electron chi connectivity index (χ1n) is 8.00. The average Bonchev–Trinajstić information content (AvgIpc) is 2.56. The molecule has 25 heavy (non-hydrogen) atoms. The lowest BCUT2D eigenvalue weighted by atomic mass is 10.1. The van der Waals surface area contributed by atoms with Gasteiger partial charge < -0.3 is 9.80 Å². The van der Waals surface area contributed by atoms with Gasteiger partial charge in [0.2, 0.25) is 5.91 Å². The van der Waals surface area contributed by atoms with Crippen molar-refractivity contribution in [2.24, 2.45) is 0 Å². The molecule has 0 aliphatic carbocycles. The van der Waals surface area contributed by atoms with Crippen LogP contribution in [0, 0.1) is 18.6 Å². The quantitative estimate of drug-likeness (QED) is 0.840. The number of para-hydroxylation sites is 1. The zero-order valence-corrected chi connectivity index (χ0v) is 14.0. The Morgan fingerprint density at radius 2 is 1.76 bits per heavy atom. The van der Waals surface area contributed by atoms with Gasteiger partial charge in [-0.1, -0.05) is 18.2 Å². The van der Waals surface area contributed by atoms with E-state index in [2.05, 4.69) is 0 Å². The van der Waals surface area contributed by atoms with Crippen LogP contribution in [-0.4, -0.2) is 35.8 Å². The number of carbonyl (C=O) groups is 2. The fraction of sp³-hybridized carbons (Fsp3) is 0.263. The maximum Gasteiger partial charge on any atom is 0.254 e. The molecule has 1 heterocycles. The van der Waals surface area contributed by atoms with Crippen molar-refractivity contribution in [2.75, 3.05) is 18.0 Å². The molecule has 2 aromatic carbocycles. The first-order chi connectivity index (χ1) is 11.9. The summed E-state index contributed by atoms with van der Waals surface area (Å²) < 4.78 is 26.7. The molecule has 130 valence electrons. The Balaban J connectivity index is 1.84. The maximum absolute atomic E-state index is 13.4. The molecular weight excluding hydrogens is 326 g/mol. The summed E-state index contributed by atoms with van der Waals surface area (Å²) in [5.74, 6) is -2.41. The number of benzene rings is 2. The van der Waals surface area contributed by atoms with E-state index in [1.807, 2.05) is 38.1 Å². The number of carbonyl (C=O) groups excluding carboxylic acids is 2. The minimum Gasteiger partial charge on any atom is -0.325 e. The van der Waals surface area contributed by atoms with Gasteiger partial charge in [0.1, 0.15) is 18.2 Å². The van der Waals surface area contributed by atoms with E-state index < -0.39 is 17.5 Å². The number of rotatable bonds is 2. The first-order valence-corrected chi connectivity index (χ1v) is 8.00. The van der Waals surface area contributed by atoms with Crippen LogP contribution in [0.5, 0.6) is 0 Å². The summed E-state index contributed by atoms with van der Waals surface area (Å²) >= 11 is 0. The smallest absolute Gasteiger partial charge is 0.254 e. The molecule has 2 aromatic rings. The van der Waals surface area contributed by atoms with Crippen molar-refractivity contribution in [3.8, 4) is 0 Å². The van der Waals surface area contributed by atoms with Gasteiger partial charge >= 0.3 is 0 Å². The summed E-state index contributed by atoms with van der Waals surface area (Å²) in [6, 6.07) is 9.92. The minimum atomic E-state index is -0.819. The van der Waals surface area contributed by atoms with Crippen LogP contribution in [0.15, 0.2) is 42.5 Å². The molecule has 1 saturated heterocycles. The molecule has 1 aliphatic heterocycles. The predicted molar refractivity (Wildman–Crippen MR) is 90.4 cm³/mol. The van der Waals surface area contributed by atoms with E-state index in [9.17, 15) is 18.4 Å². The molecule has 1 aliphatic rings. The van der Waals surface area contributed by atoms with Gasteiger partial charge in [-0.2, -0.15) is 0 Å². The monoisotopic (exact) mass is 344 g/mol. The molecule has 0 N–H and O–H groups in total. The second kappa shape index (κ2) is 6.63. The van der Waals surface area contributed by atoms with Gasteiger partial charge in [0.25, 0.3) is 5.91 Å². The molecule has 6 heteroatoms. The van der Waals surface area contributed by atoms with E-state index in [1.54, 1.807) is 4.90 Å². The van der Waals surface area contributed by atoms with Gasteiger partial charge in [0.15, 0.2) is 0 Å². The third-order valence-electron chi connectivity index (χ3n) is 4.36. The Morgan fingerprint density at radius 3 is 2.40 bits per heavy atom. The highest BCUT2D eigenvalue weighted by molar-refractivity contribution is 6.02. The summed E-state index contributed by atoms with van der Waals surface area (Å²) in [4.78, 5) is 28.1. The number of amides is 2. The molecule has 0 aromatic heterocycles. The molecular formula is C19H18F2N2O2. The van der Waals surface area contributed by atoms with Gasteiger partial charge in [-0.25, -0.2) is 8.78 Å². The van der Waals surface area contributed by atoms with Crippen molar-refractivity contribution in [1.82, 2.24) is 4.90 Å². The Hall–Kier alpha value is -2.76. The van der Waals surface area contributed by atoms with E-state index in [-0.39, 0.29) is 24.1 Å². The molecule has 0 spiro atoms. The number of nitrogens with zero attached hydrogens (tertiary/aromatic N) is 2. The summed E-state index contributed by atoms with van der Waals surface area (Å²) in [6.45, 7) is 3.92. The van der Waals surface area contributed by atoms with E-state index in [1.165, 1.54) is 4.90 Å². The van der Waals surface area contributed by atoms with E-state index in [0.29, 0.717) is 12.6 Å². The molecule has 4 nitrogen and oxygen atoms in total. The third kappa shape index (κ3) is 3.38. The van der Waals surface area contributed by atoms with Gasteiger partial charge in [0, 0.05) is 29.9 Å². The predicted octanol–water partition coefficient (Wildman–Crippen LogP) is 3.15. The largest absolute Gasteiger partial charge is 0.325 e. The van der Waals surface area contributed by atoms with Crippen LogP contribution in [0.4, 0.5) is 14.5 Å². The van der Waals surface area contributed by atoms with Crippen molar-refractivity contribution in [3.05, 3.63) is 65.2 Å². The SMILES string of the molecule is Cc1ccccc1N1CC(C)N(C(=O)c2cc(F)cc(F)c2)CC1=O. The van der Waals surface area contributed by atoms with Crippen molar-refractivity contribution >= 4 is 17.5 Å². The normalized spacial score (nSPS) is 17.8. The first kappa shape index (κ1) is 17.1. The van der Waals surface area contributed by atoms with Gasteiger partial charge in [0.05, 0.1) is 0 Å². The molecule has 1 fully saturated rings. The number of aryl methyl sites for hydroxylation is 1. The van der Waals surface area contributed by atoms with Gasteiger partial charge in [-0.05, 0) is 37.6 Å². The van der Waals surface area contributed by atoms with Crippen LogP contribution < -0.4 is 4.90 Å². The van der Waals surface area contributed by atoms with Crippen LogP contribution in [0.2, 0.25) is 0 Å². The van der Waals surface area contributed by atoms with Crippen molar-refractivity contribution < 1.29 is 18.4 Å². The second-order valence-electron chi connectivity index (χ2n) is 6.23. The highest BCUT2D eigenvalue weighted by Crippen LogP contribution is 2.24. The summed E-state index contributed by atoms with van der Waals surface area (Å²) in [7, 11) is 0. The zero-order valence-electron chi connectivity index (χ0n) is 14.0. The third-order valence-corrected chi connectivity index (χ3v) is 4.36. The number of hydrogen-bond donors (Lipinski definition) is 0. The zero-order chi connectivity index (χ0) is 18.1. The van der Waals surface area contributed by atoms with Crippen LogP contribution in [0.25, 0.3) is 0 Å². The summed E-state index contributed by atoms with van der Waals surface area (Å²) in [6.07, 6.45) is 0. The molecule has 0 bridgehead atoms. The van der Waals surface area contributed by atoms with Gasteiger partial charge in [-0.15, -0.1) is 0 Å². The minimum absolute atomic E-state index is 0.0958. The summed E-state index contributed by atoms with van der Waals surface area (Å²) in [5.41, 5.74) is 1.68.